The normalized spacial score (nSPS) is 10.4. The number of aryl methyl sites for hydroxylation is 1. The van der Waals surface area contributed by atoms with Gasteiger partial charge in [-0.25, -0.2) is 9.78 Å². The fourth-order valence-electron chi connectivity index (χ4n) is 1.55. The van der Waals surface area contributed by atoms with E-state index in [1.54, 1.807) is 6.92 Å². The van der Waals surface area contributed by atoms with Crippen LogP contribution in [0.25, 0.3) is 11.4 Å². The fraction of sp³-hybridized carbons (Fsp3) is 0.250. The van der Waals surface area contributed by atoms with Crippen molar-refractivity contribution in [1.29, 1.82) is 0 Å². The summed E-state index contributed by atoms with van der Waals surface area (Å²) in [6.45, 7) is 4.01. The molecule has 0 saturated carbocycles. The summed E-state index contributed by atoms with van der Waals surface area (Å²) in [4.78, 5) is 15.6. The summed E-state index contributed by atoms with van der Waals surface area (Å²) in [6, 6.07) is 5.77. The topological polar surface area (TPSA) is 67.9 Å². The van der Waals surface area contributed by atoms with Crippen molar-refractivity contribution in [3.63, 3.8) is 0 Å². The van der Waals surface area contributed by atoms with Crippen LogP contribution in [0.5, 0.6) is 0 Å². The number of hydrogen-bond acceptors (Lipinski definition) is 4. The summed E-state index contributed by atoms with van der Waals surface area (Å²) < 4.78 is 5.84. The third-order valence-electron chi connectivity index (χ3n) is 2.38. The highest BCUT2D eigenvalue weighted by molar-refractivity contribution is 9.10. The van der Waals surface area contributed by atoms with Gasteiger partial charge in [0.05, 0.1) is 6.61 Å². The maximum Gasteiger partial charge on any atom is 0.375 e. The van der Waals surface area contributed by atoms with Gasteiger partial charge in [-0.15, -0.1) is 0 Å². The fourth-order valence-corrected chi connectivity index (χ4v) is 2.03. The second kappa shape index (κ2) is 5.30. The summed E-state index contributed by atoms with van der Waals surface area (Å²) >= 11 is 3.40. The first kappa shape index (κ1) is 12.8. The Bertz CT molecular complexity index is 580. The van der Waals surface area contributed by atoms with Crippen LogP contribution in [-0.4, -0.2) is 27.8 Å². The van der Waals surface area contributed by atoms with Gasteiger partial charge in [-0.05, 0) is 37.6 Å². The van der Waals surface area contributed by atoms with Crippen LogP contribution in [0.4, 0.5) is 0 Å². The Morgan fingerprint density at radius 3 is 2.94 bits per heavy atom. The molecule has 1 N–H and O–H groups in total. The molecule has 0 fully saturated rings. The van der Waals surface area contributed by atoms with Gasteiger partial charge in [0.25, 0.3) is 0 Å². The Labute approximate surface area is 113 Å². The van der Waals surface area contributed by atoms with Crippen molar-refractivity contribution in [2.75, 3.05) is 6.61 Å². The lowest BCUT2D eigenvalue weighted by atomic mass is 10.1. The van der Waals surface area contributed by atoms with E-state index in [4.69, 9.17) is 4.74 Å². The first-order chi connectivity index (χ1) is 8.61. The standard InChI is InChI=1S/C12H12BrN3O2/c1-3-18-12(17)11-14-10(15-16-11)9-5-4-8(13)6-7(9)2/h4-6H,3H2,1-2H3,(H,14,15,16). The molecule has 0 radical (unpaired) electrons. The van der Waals surface area contributed by atoms with Gasteiger partial charge < -0.3 is 4.74 Å². The summed E-state index contributed by atoms with van der Waals surface area (Å²) in [5.41, 5.74) is 1.91. The van der Waals surface area contributed by atoms with Crippen LogP contribution >= 0.6 is 15.9 Å². The lowest BCUT2D eigenvalue weighted by Crippen LogP contribution is -2.06. The third kappa shape index (κ3) is 2.59. The van der Waals surface area contributed by atoms with E-state index in [0.717, 1.165) is 15.6 Å². The number of benzene rings is 1. The number of H-pyrrole nitrogens is 1. The molecular formula is C12H12BrN3O2. The van der Waals surface area contributed by atoms with Crippen molar-refractivity contribution < 1.29 is 9.53 Å². The van der Waals surface area contributed by atoms with Crippen molar-refractivity contribution >= 4 is 21.9 Å². The molecule has 0 amide bonds. The van der Waals surface area contributed by atoms with Gasteiger partial charge in [-0.1, -0.05) is 15.9 Å². The molecule has 1 aromatic heterocycles. The van der Waals surface area contributed by atoms with E-state index in [2.05, 4.69) is 31.1 Å². The minimum Gasteiger partial charge on any atom is -0.460 e. The number of nitrogens with one attached hydrogen (secondary N) is 1. The van der Waals surface area contributed by atoms with Crippen LogP contribution in [0.2, 0.25) is 0 Å². The number of carbonyl (C=O) groups excluding carboxylic acids is 1. The molecule has 0 bridgehead atoms. The number of halogens is 1. The maximum atomic E-state index is 11.5. The Hall–Kier alpha value is -1.69. The van der Waals surface area contributed by atoms with E-state index >= 15 is 0 Å². The number of aromatic nitrogens is 3. The molecule has 94 valence electrons. The Balaban J connectivity index is 2.32. The van der Waals surface area contributed by atoms with E-state index in [9.17, 15) is 4.79 Å². The zero-order valence-electron chi connectivity index (χ0n) is 10.0. The van der Waals surface area contributed by atoms with Gasteiger partial charge in [0.15, 0.2) is 5.82 Å². The van der Waals surface area contributed by atoms with Crippen LogP contribution < -0.4 is 0 Å². The average Bonchev–Trinajstić information content (AvgIpc) is 2.78. The highest BCUT2D eigenvalue weighted by Gasteiger charge is 2.14. The molecule has 0 aliphatic carbocycles. The van der Waals surface area contributed by atoms with Gasteiger partial charge in [-0.3, -0.25) is 5.10 Å². The molecule has 0 unspecified atom stereocenters. The molecular weight excluding hydrogens is 298 g/mol. The number of ether oxygens (including phenoxy) is 1. The molecule has 6 heteroatoms. The molecule has 0 spiro atoms. The van der Waals surface area contributed by atoms with E-state index in [-0.39, 0.29) is 5.82 Å². The highest BCUT2D eigenvalue weighted by atomic mass is 79.9. The molecule has 1 aromatic carbocycles. The number of rotatable bonds is 3. The lowest BCUT2D eigenvalue weighted by Gasteiger charge is -2.01. The van der Waals surface area contributed by atoms with E-state index < -0.39 is 5.97 Å². The SMILES string of the molecule is CCOC(=O)c1nc(-c2ccc(Br)cc2C)n[nH]1. The number of esters is 1. The highest BCUT2D eigenvalue weighted by Crippen LogP contribution is 2.23. The molecule has 0 aliphatic heterocycles. The summed E-state index contributed by atoms with van der Waals surface area (Å²) in [7, 11) is 0. The molecule has 2 rings (SSSR count). The van der Waals surface area contributed by atoms with Crippen molar-refractivity contribution in [1.82, 2.24) is 15.2 Å². The predicted molar refractivity (Wildman–Crippen MR) is 70.2 cm³/mol. The zero-order valence-corrected chi connectivity index (χ0v) is 11.6. The monoisotopic (exact) mass is 309 g/mol. The number of carbonyl (C=O) groups is 1. The van der Waals surface area contributed by atoms with Crippen LogP contribution in [-0.2, 0) is 4.74 Å². The summed E-state index contributed by atoms with van der Waals surface area (Å²) in [5.74, 6) is 0.114. The molecule has 0 saturated heterocycles. The average molecular weight is 310 g/mol. The van der Waals surface area contributed by atoms with Crippen LogP contribution in [0, 0.1) is 6.92 Å². The molecule has 18 heavy (non-hydrogen) atoms. The Morgan fingerprint density at radius 2 is 2.28 bits per heavy atom. The second-order valence-electron chi connectivity index (χ2n) is 3.69. The number of aromatic amines is 1. The first-order valence-corrected chi connectivity index (χ1v) is 6.27. The summed E-state index contributed by atoms with van der Waals surface area (Å²) in [5, 5.41) is 6.61. The van der Waals surface area contributed by atoms with Crippen LogP contribution in [0.3, 0.4) is 0 Å². The third-order valence-corrected chi connectivity index (χ3v) is 2.88. The maximum absolute atomic E-state index is 11.5. The minimum absolute atomic E-state index is 0.120. The number of nitrogens with zero attached hydrogens (tertiary/aromatic N) is 2. The summed E-state index contributed by atoms with van der Waals surface area (Å²) in [6.07, 6.45) is 0. The van der Waals surface area contributed by atoms with Crippen LogP contribution in [0.15, 0.2) is 22.7 Å². The van der Waals surface area contributed by atoms with Crippen molar-refractivity contribution in [3.8, 4) is 11.4 Å². The van der Waals surface area contributed by atoms with Crippen molar-refractivity contribution in [3.05, 3.63) is 34.1 Å². The van der Waals surface area contributed by atoms with Gasteiger partial charge in [0.2, 0.25) is 5.82 Å². The molecule has 5 nitrogen and oxygen atoms in total. The quantitative estimate of drug-likeness (QED) is 0.885. The largest absolute Gasteiger partial charge is 0.460 e. The smallest absolute Gasteiger partial charge is 0.375 e. The molecule has 2 aromatic rings. The molecule has 1 heterocycles. The Kier molecular flexibility index (Phi) is 3.76. The van der Waals surface area contributed by atoms with Gasteiger partial charge in [0.1, 0.15) is 0 Å². The zero-order chi connectivity index (χ0) is 13.1. The first-order valence-electron chi connectivity index (χ1n) is 5.48. The minimum atomic E-state index is -0.494. The van der Waals surface area contributed by atoms with E-state index in [0.29, 0.717) is 12.4 Å². The van der Waals surface area contributed by atoms with Gasteiger partial charge >= 0.3 is 5.97 Å². The second-order valence-corrected chi connectivity index (χ2v) is 4.60. The number of hydrogen-bond donors (Lipinski definition) is 1. The van der Waals surface area contributed by atoms with E-state index in [1.165, 1.54) is 0 Å². The Morgan fingerprint density at radius 1 is 1.50 bits per heavy atom. The van der Waals surface area contributed by atoms with Crippen LogP contribution in [0.1, 0.15) is 23.1 Å². The van der Waals surface area contributed by atoms with Crippen molar-refractivity contribution in [2.24, 2.45) is 0 Å². The van der Waals surface area contributed by atoms with Gasteiger partial charge in [0, 0.05) is 10.0 Å². The van der Waals surface area contributed by atoms with Gasteiger partial charge in [-0.2, -0.15) is 5.10 Å². The predicted octanol–water partition coefficient (Wildman–Crippen LogP) is 2.72. The van der Waals surface area contributed by atoms with Crippen molar-refractivity contribution in [2.45, 2.75) is 13.8 Å². The molecule has 0 aliphatic rings. The van der Waals surface area contributed by atoms with E-state index in [1.807, 2.05) is 25.1 Å². The lowest BCUT2D eigenvalue weighted by molar-refractivity contribution is 0.0512. The molecule has 0 atom stereocenters.